The van der Waals surface area contributed by atoms with Gasteiger partial charge in [-0.3, -0.25) is 0 Å². The van der Waals surface area contributed by atoms with E-state index in [1.807, 2.05) is 0 Å². The minimum atomic E-state index is 0.119. The maximum atomic E-state index is 5.69. The third kappa shape index (κ3) is 2.96. The molecule has 1 unspecified atom stereocenters. The summed E-state index contributed by atoms with van der Waals surface area (Å²) >= 11 is 0. The molecule has 0 aromatic carbocycles. The van der Waals surface area contributed by atoms with Crippen LogP contribution >= 0.6 is 0 Å². The van der Waals surface area contributed by atoms with Crippen LogP contribution in [0.25, 0.3) is 0 Å². The lowest BCUT2D eigenvalue weighted by Gasteiger charge is -2.35. The largest absolute Gasteiger partial charge is 0.376 e. The first kappa shape index (κ1) is 9.47. The summed E-state index contributed by atoms with van der Waals surface area (Å²) < 4.78 is 5.69. The summed E-state index contributed by atoms with van der Waals surface area (Å²) in [6.45, 7) is 6.56. The molecule has 0 spiro atoms. The topological polar surface area (TPSA) is 21.3 Å². The predicted molar refractivity (Wildman–Crippen MR) is 53.8 cm³/mol. The summed E-state index contributed by atoms with van der Waals surface area (Å²) in [6, 6.07) is 0.853. The molecule has 2 heteroatoms. The van der Waals surface area contributed by atoms with Crippen molar-refractivity contribution in [2.24, 2.45) is 5.92 Å². The molecule has 2 aliphatic rings. The van der Waals surface area contributed by atoms with Gasteiger partial charge in [0, 0.05) is 12.6 Å². The molecule has 0 aromatic heterocycles. The first-order chi connectivity index (χ1) is 6.16. The predicted octanol–water partition coefficient (Wildman–Crippen LogP) is 1.94. The molecule has 13 heavy (non-hydrogen) atoms. The van der Waals surface area contributed by atoms with Crippen LogP contribution < -0.4 is 5.32 Å². The Morgan fingerprint density at radius 2 is 2.08 bits per heavy atom. The SMILES string of the molecule is CC1(C)CC(CNC2CC2)CCO1. The van der Waals surface area contributed by atoms with Crippen LogP contribution in [0.1, 0.15) is 39.5 Å². The molecule has 76 valence electrons. The van der Waals surface area contributed by atoms with E-state index < -0.39 is 0 Å². The molecule has 1 saturated heterocycles. The molecular formula is C11H21NO. The minimum Gasteiger partial charge on any atom is -0.376 e. The van der Waals surface area contributed by atoms with Crippen LogP contribution in [0.3, 0.4) is 0 Å². The number of hydrogen-bond acceptors (Lipinski definition) is 2. The molecule has 2 nitrogen and oxygen atoms in total. The second-order valence-corrected chi connectivity index (χ2v) is 5.15. The highest BCUT2D eigenvalue weighted by atomic mass is 16.5. The van der Waals surface area contributed by atoms with Crippen molar-refractivity contribution >= 4 is 0 Å². The van der Waals surface area contributed by atoms with Gasteiger partial charge in [0.1, 0.15) is 0 Å². The van der Waals surface area contributed by atoms with Crippen molar-refractivity contribution in [2.75, 3.05) is 13.2 Å². The molecule has 1 saturated carbocycles. The van der Waals surface area contributed by atoms with Gasteiger partial charge in [-0.2, -0.15) is 0 Å². The Hall–Kier alpha value is -0.0800. The molecule has 1 heterocycles. The molecule has 0 aromatic rings. The Bertz CT molecular complexity index is 175. The fourth-order valence-corrected chi connectivity index (χ4v) is 2.15. The van der Waals surface area contributed by atoms with Gasteiger partial charge < -0.3 is 10.1 Å². The van der Waals surface area contributed by atoms with Crippen molar-refractivity contribution in [2.45, 2.75) is 51.2 Å². The highest BCUT2D eigenvalue weighted by Gasteiger charge is 2.30. The monoisotopic (exact) mass is 183 g/mol. The Morgan fingerprint density at radius 3 is 2.69 bits per heavy atom. The van der Waals surface area contributed by atoms with Gasteiger partial charge in [0.05, 0.1) is 5.60 Å². The number of hydrogen-bond donors (Lipinski definition) is 1. The van der Waals surface area contributed by atoms with Gasteiger partial charge in [0.2, 0.25) is 0 Å². The van der Waals surface area contributed by atoms with Crippen LogP contribution in [0.4, 0.5) is 0 Å². The maximum absolute atomic E-state index is 5.69. The zero-order valence-corrected chi connectivity index (χ0v) is 8.81. The third-order valence-electron chi connectivity index (χ3n) is 3.07. The third-order valence-corrected chi connectivity index (χ3v) is 3.07. The number of rotatable bonds is 3. The van der Waals surface area contributed by atoms with Gasteiger partial charge in [0.15, 0.2) is 0 Å². The van der Waals surface area contributed by atoms with Gasteiger partial charge >= 0.3 is 0 Å². The van der Waals surface area contributed by atoms with E-state index in [-0.39, 0.29) is 5.60 Å². The van der Waals surface area contributed by atoms with Gasteiger partial charge in [0.25, 0.3) is 0 Å². The average Bonchev–Trinajstić information content (AvgIpc) is 2.82. The van der Waals surface area contributed by atoms with E-state index >= 15 is 0 Å². The van der Waals surface area contributed by atoms with E-state index in [1.54, 1.807) is 0 Å². The smallest absolute Gasteiger partial charge is 0.0629 e. The van der Waals surface area contributed by atoms with E-state index in [2.05, 4.69) is 19.2 Å². The highest BCUT2D eigenvalue weighted by Crippen LogP contribution is 2.29. The van der Waals surface area contributed by atoms with Crippen LogP contribution in [0.5, 0.6) is 0 Å². The Kier molecular flexibility index (Phi) is 2.61. The molecule has 1 aliphatic heterocycles. The minimum absolute atomic E-state index is 0.119. The van der Waals surface area contributed by atoms with Crippen molar-refractivity contribution < 1.29 is 4.74 Å². The van der Waals surface area contributed by atoms with E-state index in [1.165, 1.54) is 32.2 Å². The van der Waals surface area contributed by atoms with E-state index in [4.69, 9.17) is 4.74 Å². The Labute approximate surface area is 81.0 Å². The lowest BCUT2D eigenvalue weighted by Crippen LogP contribution is -2.38. The van der Waals surface area contributed by atoms with Gasteiger partial charge in [-0.1, -0.05) is 0 Å². The summed E-state index contributed by atoms with van der Waals surface area (Å²) in [6.07, 6.45) is 5.25. The molecule has 0 bridgehead atoms. The molecular weight excluding hydrogens is 162 g/mol. The summed E-state index contributed by atoms with van der Waals surface area (Å²) in [7, 11) is 0. The fourth-order valence-electron chi connectivity index (χ4n) is 2.15. The molecule has 1 atom stereocenters. The average molecular weight is 183 g/mol. The Balaban J connectivity index is 1.71. The molecule has 0 amide bonds. The summed E-state index contributed by atoms with van der Waals surface area (Å²) in [4.78, 5) is 0. The zero-order valence-electron chi connectivity index (χ0n) is 8.81. The van der Waals surface area contributed by atoms with Gasteiger partial charge in [-0.15, -0.1) is 0 Å². The van der Waals surface area contributed by atoms with Crippen LogP contribution in [-0.4, -0.2) is 24.8 Å². The molecule has 1 aliphatic carbocycles. The summed E-state index contributed by atoms with van der Waals surface area (Å²) in [5.41, 5.74) is 0.119. The van der Waals surface area contributed by atoms with Crippen molar-refractivity contribution in [3.8, 4) is 0 Å². The van der Waals surface area contributed by atoms with E-state index in [9.17, 15) is 0 Å². The molecule has 2 rings (SSSR count). The van der Waals surface area contributed by atoms with Crippen molar-refractivity contribution in [1.82, 2.24) is 5.32 Å². The van der Waals surface area contributed by atoms with E-state index in [0.717, 1.165) is 18.6 Å². The van der Waals surface area contributed by atoms with Crippen molar-refractivity contribution in [1.29, 1.82) is 0 Å². The maximum Gasteiger partial charge on any atom is 0.0629 e. The number of nitrogens with one attached hydrogen (secondary N) is 1. The first-order valence-corrected chi connectivity index (χ1v) is 5.53. The Morgan fingerprint density at radius 1 is 1.31 bits per heavy atom. The van der Waals surface area contributed by atoms with Crippen LogP contribution in [0.2, 0.25) is 0 Å². The zero-order chi connectivity index (χ0) is 9.31. The normalized spacial score (nSPS) is 33.2. The summed E-state index contributed by atoms with van der Waals surface area (Å²) in [5.74, 6) is 0.837. The van der Waals surface area contributed by atoms with Crippen LogP contribution in [0, 0.1) is 5.92 Å². The standard InChI is InChI=1S/C11H21NO/c1-11(2)7-9(5-6-13-11)8-12-10-3-4-10/h9-10,12H,3-8H2,1-2H3. The summed E-state index contributed by atoms with van der Waals surface area (Å²) in [5, 5.41) is 3.61. The number of ether oxygens (including phenoxy) is 1. The lowest BCUT2D eigenvalue weighted by molar-refractivity contribution is -0.0718. The van der Waals surface area contributed by atoms with Crippen molar-refractivity contribution in [3.05, 3.63) is 0 Å². The second-order valence-electron chi connectivity index (χ2n) is 5.15. The molecule has 0 radical (unpaired) electrons. The fraction of sp³-hybridized carbons (Fsp3) is 1.00. The van der Waals surface area contributed by atoms with E-state index in [0.29, 0.717) is 0 Å². The van der Waals surface area contributed by atoms with Gasteiger partial charge in [-0.05, 0) is 52.0 Å². The van der Waals surface area contributed by atoms with Crippen LogP contribution in [0.15, 0.2) is 0 Å². The lowest BCUT2D eigenvalue weighted by atomic mass is 9.88. The van der Waals surface area contributed by atoms with Crippen molar-refractivity contribution in [3.63, 3.8) is 0 Å². The second kappa shape index (κ2) is 3.58. The molecule has 1 N–H and O–H groups in total. The molecule has 2 fully saturated rings. The van der Waals surface area contributed by atoms with Gasteiger partial charge in [-0.25, -0.2) is 0 Å². The first-order valence-electron chi connectivity index (χ1n) is 5.53. The highest BCUT2D eigenvalue weighted by molar-refractivity contribution is 4.85. The van der Waals surface area contributed by atoms with Crippen LogP contribution in [-0.2, 0) is 4.74 Å². The quantitative estimate of drug-likeness (QED) is 0.722.